The van der Waals surface area contributed by atoms with Crippen molar-refractivity contribution in [3.63, 3.8) is 0 Å². The summed E-state index contributed by atoms with van der Waals surface area (Å²) in [6.45, 7) is 8.41. The highest BCUT2D eigenvalue weighted by molar-refractivity contribution is 5.28. The molecule has 1 saturated heterocycles. The molecule has 1 aliphatic rings. The molecule has 1 N–H and O–H groups in total. The summed E-state index contributed by atoms with van der Waals surface area (Å²) in [4.78, 5) is 0. The van der Waals surface area contributed by atoms with Gasteiger partial charge in [-0.3, -0.25) is 5.43 Å². The van der Waals surface area contributed by atoms with Crippen molar-refractivity contribution < 1.29 is 4.74 Å². The molecule has 3 heteroatoms. The minimum atomic E-state index is 0.623. The van der Waals surface area contributed by atoms with Gasteiger partial charge >= 0.3 is 0 Å². The van der Waals surface area contributed by atoms with Crippen molar-refractivity contribution in [1.82, 2.24) is 10.4 Å². The van der Waals surface area contributed by atoms with Gasteiger partial charge in [-0.15, -0.1) is 0 Å². The van der Waals surface area contributed by atoms with E-state index in [2.05, 4.69) is 49.4 Å². The van der Waals surface area contributed by atoms with E-state index in [0.717, 1.165) is 25.3 Å². The first-order valence-electron chi connectivity index (χ1n) is 7.94. The molecule has 1 aliphatic heterocycles. The lowest BCUT2D eigenvalue weighted by atomic mass is 10.00. The normalized spacial score (nSPS) is 23.8. The fourth-order valence-corrected chi connectivity index (χ4v) is 2.88. The zero-order valence-corrected chi connectivity index (χ0v) is 13.1. The largest absolute Gasteiger partial charge is 0.494 e. The number of nitrogens with zero attached hydrogens (tertiary/aromatic N) is 1. The predicted octanol–water partition coefficient (Wildman–Crippen LogP) is 3.74. The van der Waals surface area contributed by atoms with Gasteiger partial charge in [0, 0.05) is 18.6 Å². The number of benzene rings is 1. The van der Waals surface area contributed by atoms with Gasteiger partial charge in [0.2, 0.25) is 0 Å². The van der Waals surface area contributed by atoms with E-state index < -0.39 is 0 Å². The monoisotopic (exact) mass is 276 g/mol. The van der Waals surface area contributed by atoms with Crippen LogP contribution < -0.4 is 10.2 Å². The van der Waals surface area contributed by atoms with Crippen LogP contribution in [0.1, 0.15) is 52.0 Å². The SMILES string of the molecule is CCCOc1cccc(CNN2C(C)CCCC2C)c1. The second kappa shape index (κ2) is 7.65. The molecule has 112 valence electrons. The van der Waals surface area contributed by atoms with Gasteiger partial charge in [0.25, 0.3) is 0 Å². The van der Waals surface area contributed by atoms with Crippen LogP contribution in [0, 0.1) is 0 Å². The van der Waals surface area contributed by atoms with Gasteiger partial charge < -0.3 is 4.74 Å². The second-order valence-corrected chi connectivity index (χ2v) is 5.87. The van der Waals surface area contributed by atoms with E-state index >= 15 is 0 Å². The quantitative estimate of drug-likeness (QED) is 0.856. The number of piperidine rings is 1. The molecule has 1 aromatic carbocycles. The van der Waals surface area contributed by atoms with Crippen LogP contribution in [0.15, 0.2) is 24.3 Å². The van der Waals surface area contributed by atoms with Crippen molar-refractivity contribution in [2.75, 3.05) is 6.61 Å². The van der Waals surface area contributed by atoms with Crippen LogP contribution in [0.2, 0.25) is 0 Å². The van der Waals surface area contributed by atoms with E-state index in [4.69, 9.17) is 4.74 Å². The van der Waals surface area contributed by atoms with E-state index in [1.807, 2.05) is 6.07 Å². The third-order valence-electron chi connectivity index (χ3n) is 4.03. The van der Waals surface area contributed by atoms with Gasteiger partial charge in [0.05, 0.1) is 6.61 Å². The molecule has 2 unspecified atom stereocenters. The predicted molar refractivity (Wildman–Crippen MR) is 83.7 cm³/mol. The van der Waals surface area contributed by atoms with Crippen molar-refractivity contribution in [3.05, 3.63) is 29.8 Å². The molecule has 20 heavy (non-hydrogen) atoms. The average molecular weight is 276 g/mol. The Balaban J connectivity index is 1.89. The van der Waals surface area contributed by atoms with Gasteiger partial charge in [-0.1, -0.05) is 25.5 Å². The molecule has 0 amide bonds. The Bertz CT molecular complexity index is 398. The fourth-order valence-electron chi connectivity index (χ4n) is 2.88. The molecule has 2 atom stereocenters. The molecule has 0 bridgehead atoms. The minimum Gasteiger partial charge on any atom is -0.494 e. The smallest absolute Gasteiger partial charge is 0.119 e. The summed E-state index contributed by atoms with van der Waals surface area (Å²) in [5.41, 5.74) is 4.88. The van der Waals surface area contributed by atoms with Crippen LogP contribution in [0.5, 0.6) is 5.75 Å². The van der Waals surface area contributed by atoms with Gasteiger partial charge in [-0.25, -0.2) is 5.01 Å². The minimum absolute atomic E-state index is 0.623. The fraction of sp³-hybridized carbons (Fsp3) is 0.647. The van der Waals surface area contributed by atoms with Crippen LogP contribution in [-0.4, -0.2) is 23.7 Å². The Morgan fingerprint density at radius 2 is 2.00 bits per heavy atom. The maximum absolute atomic E-state index is 5.69. The average Bonchev–Trinajstić information content (AvgIpc) is 2.45. The van der Waals surface area contributed by atoms with Crippen LogP contribution >= 0.6 is 0 Å². The lowest BCUT2D eigenvalue weighted by Gasteiger charge is -2.39. The second-order valence-electron chi connectivity index (χ2n) is 5.87. The molecule has 3 nitrogen and oxygen atoms in total. The summed E-state index contributed by atoms with van der Waals surface area (Å²) in [5, 5.41) is 2.42. The molecule has 0 saturated carbocycles. The number of hydrazine groups is 1. The topological polar surface area (TPSA) is 24.5 Å². The molecule has 1 aromatic rings. The molecule has 0 radical (unpaired) electrons. The molecular weight excluding hydrogens is 248 g/mol. The Morgan fingerprint density at radius 1 is 1.25 bits per heavy atom. The Labute approximate surface area is 123 Å². The Morgan fingerprint density at radius 3 is 2.70 bits per heavy atom. The first-order valence-corrected chi connectivity index (χ1v) is 7.94. The third-order valence-corrected chi connectivity index (χ3v) is 4.03. The lowest BCUT2D eigenvalue weighted by Crippen LogP contribution is -2.51. The highest BCUT2D eigenvalue weighted by Crippen LogP contribution is 2.21. The zero-order chi connectivity index (χ0) is 14.4. The van der Waals surface area contributed by atoms with E-state index in [1.165, 1.54) is 24.8 Å². The molecule has 0 aliphatic carbocycles. The van der Waals surface area contributed by atoms with Crippen LogP contribution in [0.4, 0.5) is 0 Å². The first-order chi connectivity index (χ1) is 9.70. The summed E-state index contributed by atoms with van der Waals surface area (Å²) in [7, 11) is 0. The van der Waals surface area contributed by atoms with E-state index in [9.17, 15) is 0 Å². The standard InChI is InChI=1S/C17H28N2O/c1-4-11-20-17-10-6-9-16(12-17)13-18-19-14(2)7-5-8-15(19)3/h6,9-10,12,14-15,18H,4-5,7-8,11,13H2,1-3H3. The maximum Gasteiger partial charge on any atom is 0.119 e. The van der Waals surface area contributed by atoms with Crippen molar-refractivity contribution in [3.8, 4) is 5.75 Å². The van der Waals surface area contributed by atoms with Crippen molar-refractivity contribution in [2.45, 2.75) is 65.1 Å². The summed E-state index contributed by atoms with van der Waals surface area (Å²) >= 11 is 0. The van der Waals surface area contributed by atoms with E-state index in [0.29, 0.717) is 12.1 Å². The van der Waals surface area contributed by atoms with E-state index in [1.54, 1.807) is 0 Å². The lowest BCUT2D eigenvalue weighted by molar-refractivity contribution is 0.0435. The highest BCUT2D eigenvalue weighted by Gasteiger charge is 2.23. The third kappa shape index (κ3) is 4.22. The Hall–Kier alpha value is -1.06. The molecule has 1 fully saturated rings. The number of ether oxygens (including phenoxy) is 1. The van der Waals surface area contributed by atoms with Crippen molar-refractivity contribution in [2.24, 2.45) is 0 Å². The number of nitrogens with one attached hydrogen (secondary N) is 1. The van der Waals surface area contributed by atoms with Gasteiger partial charge in [0.1, 0.15) is 5.75 Å². The first kappa shape index (κ1) is 15.3. The highest BCUT2D eigenvalue weighted by atomic mass is 16.5. The summed E-state index contributed by atoms with van der Waals surface area (Å²) in [6.07, 6.45) is 4.97. The van der Waals surface area contributed by atoms with Crippen LogP contribution in [0.25, 0.3) is 0 Å². The van der Waals surface area contributed by atoms with E-state index in [-0.39, 0.29) is 0 Å². The maximum atomic E-state index is 5.69. The van der Waals surface area contributed by atoms with Gasteiger partial charge in [0.15, 0.2) is 0 Å². The summed E-state index contributed by atoms with van der Waals surface area (Å²) < 4.78 is 5.69. The summed E-state index contributed by atoms with van der Waals surface area (Å²) in [5.74, 6) is 0.978. The molecular formula is C17H28N2O. The molecule has 0 spiro atoms. The van der Waals surface area contributed by atoms with Gasteiger partial charge in [-0.05, 0) is 50.8 Å². The molecule has 0 aromatic heterocycles. The van der Waals surface area contributed by atoms with Crippen LogP contribution in [-0.2, 0) is 6.54 Å². The number of hydrogen-bond donors (Lipinski definition) is 1. The van der Waals surface area contributed by atoms with Crippen molar-refractivity contribution >= 4 is 0 Å². The van der Waals surface area contributed by atoms with Crippen molar-refractivity contribution in [1.29, 1.82) is 0 Å². The molecule has 1 heterocycles. The molecule has 2 rings (SSSR count). The Kier molecular flexibility index (Phi) is 5.86. The zero-order valence-electron chi connectivity index (χ0n) is 13.1. The summed E-state index contributed by atoms with van der Waals surface area (Å²) in [6, 6.07) is 9.65. The van der Waals surface area contributed by atoms with Gasteiger partial charge in [-0.2, -0.15) is 0 Å². The van der Waals surface area contributed by atoms with Crippen LogP contribution in [0.3, 0.4) is 0 Å². The number of rotatable bonds is 6. The number of hydrogen-bond acceptors (Lipinski definition) is 3.